The fourth-order valence-electron chi connectivity index (χ4n) is 3.51. The number of ether oxygens (including phenoxy) is 3. The number of amidine groups is 1. The van der Waals surface area contributed by atoms with Crippen LogP contribution >= 0.6 is 0 Å². The zero-order valence-corrected chi connectivity index (χ0v) is 20.8. The second-order valence-corrected chi connectivity index (χ2v) is 8.28. The molecule has 0 heterocycles. The molecule has 10 heteroatoms. The first-order chi connectivity index (χ1) is 18.3. The summed E-state index contributed by atoms with van der Waals surface area (Å²) in [5.41, 5.74) is 7.40. The standard InChI is InChI=1S/C28H29N3O7/c1-36-14-15-37-22-10-2-18(3-11-22)16-24(31-28(35)21-6-4-20(5-7-21)27(29)30)26(34)19-8-12-23(13-9-19)38-17-25(32)33/h2-13,24H,14-17H2,1H3,(H3,29,30)(H,31,35)(H,32,33)/t24-/m0/s1. The molecule has 0 fully saturated rings. The van der Waals surface area contributed by atoms with Crippen LogP contribution in [-0.4, -0.2) is 61.6 Å². The highest BCUT2D eigenvalue weighted by Gasteiger charge is 2.23. The Kier molecular flexibility index (Phi) is 9.95. The Morgan fingerprint density at radius 1 is 0.842 bits per heavy atom. The third-order valence-corrected chi connectivity index (χ3v) is 5.50. The van der Waals surface area contributed by atoms with Crippen molar-refractivity contribution in [2.24, 2.45) is 5.73 Å². The number of nitrogen functional groups attached to an aromatic ring is 1. The maximum atomic E-state index is 13.4. The number of rotatable bonds is 14. The molecule has 0 unspecified atom stereocenters. The van der Waals surface area contributed by atoms with Crippen molar-refractivity contribution in [3.63, 3.8) is 0 Å². The molecule has 198 valence electrons. The van der Waals surface area contributed by atoms with E-state index in [2.05, 4.69) is 5.32 Å². The molecule has 10 nitrogen and oxygen atoms in total. The molecule has 3 aromatic rings. The SMILES string of the molecule is COCCOc1ccc(C[C@H](NC(=O)c2ccc(C(=N)N)cc2)C(=O)c2ccc(OCC(=O)O)cc2)cc1. The number of amides is 1. The van der Waals surface area contributed by atoms with Crippen LogP contribution in [0.5, 0.6) is 11.5 Å². The lowest BCUT2D eigenvalue weighted by Crippen LogP contribution is -2.42. The van der Waals surface area contributed by atoms with Gasteiger partial charge in [-0.05, 0) is 54.1 Å². The fourth-order valence-corrected chi connectivity index (χ4v) is 3.51. The van der Waals surface area contributed by atoms with Crippen molar-refractivity contribution >= 4 is 23.5 Å². The lowest BCUT2D eigenvalue weighted by molar-refractivity contribution is -0.139. The Balaban J connectivity index is 1.79. The molecule has 3 rings (SSSR count). The zero-order valence-electron chi connectivity index (χ0n) is 20.8. The van der Waals surface area contributed by atoms with Gasteiger partial charge in [0.15, 0.2) is 12.4 Å². The molecule has 0 saturated carbocycles. The summed E-state index contributed by atoms with van der Waals surface area (Å²) >= 11 is 0. The number of ketones is 1. The number of carboxylic acids is 1. The summed E-state index contributed by atoms with van der Waals surface area (Å²) in [6.45, 7) is 0.360. The average Bonchev–Trinajstić information content (AvgIpc) is 2.92. The topological polar surface area (TPSA) is 161 Å². The van der Waals surface area contributed by atoms with Crippen LogP contribution in [0.2, 0.25) is 0 Å². The lowest BCUT2D eigenvalue weighted by Gasteiger charge is -2.19. The number of carbonyl (C=O) groups excluding carboxylic acids is 2. The van der Waals surface area contributed by atoms with Gasteiger partial charge in [-0.3, -0.25) is 15.0 Å². The Hall–Kier alpha value is -4.70. The molecule has 0 aliphatic heterocycles. The van der Waals surface area contributed by atoms with Gasteiger partial charge in [0.05, 0.1) is 12.6 Å². The molecule has 0 aliphatic rings. The Morgan fingerprint density at radius 3 is 1.97 bits per heavy atom. The molecule has 38 heavy (non-hydrogen) atoms. The van der Waals surface area contributed by atoms with E-state index in [1.54, 1.807) is 31.4 Å². The molecule has 0 aromatic heterocycles. The molecule has 1 amide bonds. The highest BCUT2D eigenvalue weighted by Crippen LogP contribution is 2.18. The summed E-state index contributed by atoms with van der Waals surface area (Å²) in [7, 11) is 1.59. The normalized spacial score (nSPS) is 11.3. The first-order valence-corrected chi connectivity index (χ1v) is 11.7. The molecule has 5 N–H and O–H groups in total. The van der Waals surface area contributed by atoms with Crippen LogP contribution in [0, 0.1) is 5.41 Å². The summed E-state index contributed by atoms with van der Waals surface area (Å²) < 4.78 is 15.7. The third-order valence-electron chi connectivity index (χ3n) is 5.50. The molecular formula is C28H29N3O7. The second-order valence-electron chi connectivity index (χ2n) is 8.28. The van der Waals surface area contributed by atoms with Crippen molar-refractivity contribution in [2.45, 2.75) is 12.5 Å². The molecule has 1 atom stereocenters. The monoisotopic (exact) mass is 519 g/mol. The van der Waals surface area contributed by atoms with E-state index in [-0.39, 0.29) is 18.0 Å². The Morgan fingerprint density at radius 2 is 1.39 bits per heavy atom. The van der Waals surface area contributed by atoms with E-state index in [1.807, 2.05) is 12.1 Å². The maximum Gasteiger partial charge on any atom is 0.341 e. The van der Waals surface area contributed by atoms with Gasteiger partial charge in [-0.2, -0.15) is 0 Å². The van der Waals surface area contributed by atoms with Crippen molar-refractivity contribution < 1.29 is 33.7 Å². The van der Waals surface area contributed by atoms with Gasteiger partial charge in [0.25, 0.3) is 5.91 Å². The summed E-state index contributed by atoms with van der Waals surface area (Å²) in [5, 5.41) is 19.1. The minimum atomic E-state index is -1.11. The van der Waals surface area contributed by atoms with Crippen LogP contribution < -0.4 is 20.5 Å². The van der Waals surface area contributed by atoms with E-state index in [1.165, 1.54) is 36.4 Å². The third kappa shape index (κ3) is 8.17. The second kappa shape index (κ2) is 13.6. The van der Waals surface area contributed by atoms with Crippen molar-refractivity contribution in [3.05, 3.63) is 95.1 Å². The van der Waals surface area contributed by atoms with E-state index in [9.17, 15) is 14.4 Å². The molecule has 0 spiro atoms. The van der Waals surface area contributed by atoms with Gasteiger partial charge >= 0.3 is 5.97 Å². The minimum absolute atomic E-state index is 0.115. The molecule has 0 aliphatic carbocycles. The minimum Gasteiger partial charge on any atom is -0.491 e. The number of hydrogen-bond acceptors (Lipinski definition) is 7. The smallest absolute Gasteiger partial charge is 0.341 e. The zero-order chi connectivity index (χ0) is 27.5. The molecule has 0 saturated heterocycles. The largest absolute Gasteiger partial charge is 0.491 e. The van der Waals surface area contributed by atoms with E-state index in [4.69, 9.17) is 30.5 Å². The van der Waals surface area contributed by atoms with Crippen LogP contribution in [0.15, 0.2) is 72.8 Å². The summed E-state index contributed by atoms with van der Waals surface area (Å²) in [5.74, 6) is -1.06. The van der Waals surface area contributed by atoms with Gasteiger partial charge in [-0.25, -0.2) is 4.79 Å². The number of carbonyl (C=O) groups is 3. The van der Waals surface area contributed by atoms with Gasteiger partial charge in [-0.1, -0.05) is 24.3 Å². The van der Waals surface area contributed by atoms with Crippen LogP contribution in [0.25, 0.3) is 0 Å². The van der Waals surface area contributed by atoms with Crippen molar-refractivity contribution in [2.75, 3.05) is 26.9 Å². The number of aliphatic carboxylic acids is 1. The van der Waals surface area contributed by atoms with Crippen molar-refractivity contribution in [1.82, 2.24) is 5.32 Å². The van der Waals surface area contributed by atoms with E-state index in [0.29, 0.717) is 41.4 Å². The van der Waals surface area contributed by atoms with Crippen molar-refractivity contribution in [1.29, 1.82) is 5.41 Å². The number of Topliss-reactive ketones (excluding diaryl/α,β-unsaturated/α-hetero) is 1. The predicted octanol–water partition coefficient (Wildman–Crippen LogP) is 2.68. The van der Waals surface area contributed by atoms with Crippen molar-refractivity contribution in [3.8, 4) is 11.5 Å². The fraction of sp³-hybridized carbons (Fsp3) is 0.214. The van der Waals surface area contributed by atoms with Gasteiger partial charge in [0.1, 0.15) is 23.9 Å². The summed E-state index contributed by atoms with van der Waals surface area (Å²) in [6, 6.07) is 18.5. The van der Waals surface area contributed by atoms with E-state index in [0.717, 1.165) is 5.56 Å². The average molecular weight is 520 g/mol. The number of hydrogen-bond donors (Lipinski definition) is 4. The van der Waals surface area contributed by atoms with E-state index < -0.39 is 24.5 Å². The predicted molar refractivity (Wildman–Crippen MR) is 140 cm³/mol. The Bertz CT molecular complexity index is 1260. The number of benzene rings is 3. The Labute approximate surface area is 219 Å². The first-order valence-electron chi connectivity index (χ1n) is 11.7. The maximum absolute atomic E-state index is 13.4. The number of carboxylic acid groups (broad SMARTS) is 1. The van der Waals surface area contributed by atoms with E-state index >= 15 is 0 Å². The molecular weight excluding hydrogens is 490 g/mol. The van der Waals surface area contributed by atoms with Gasteiger partial charge in [0.2, 0.25) is 0 Å². The van der Waals surface area contributed by atoms with Gasteiger partial charge < -0.3 is 30.4 Å². The number of methoxy groups -OCH3 is 1. The highest BCUT2D eigenvalue weighted by molar-refractivity contribution is 6.05. The molecule has 0 radical (unpaired) electrons. The quantitative estimate of drug-likeness (QED) is 0.109. The van der Waals surface area contributed by atoms with Crippen LogP contribution in [-0.2, 0) is 16.0 Å². The molecule has 0 bridgehead atoms. The van der Waals surface area contributed by atoms with Gasteiger partial charge in [0, 0.05) is 30.2 Å². The van der Waals surface area contributed by atoms with Crippen LogP contribution in [0.4, 0.5) is 0 Å². The summed E-state index contributed by atoms with van der Waals surface area (Å²) in [4.78, 5) is 37.2. The number of nitrogens with one attached hydrogen (secondary N) is 2. The number of nitrogens with two attached hydrogens (primary N) is 1. The first kappa shape index (κ1) is 27.9. The highest BCUT2D eigenvalue weighted by atomic mass is 16.5. The van der Waals surface area contributed by atoms with Gasteiger partial charge in [-0.15, -0.1) is 0 Å². The van der Waals surface area contributed by atoms with Crippen LogP contribution in [0.1, 0.15) is 31.8 Å². The van der Waals surface area contributed by atoms with Crippen LogP contribution in [0.3, 0.4) is 0 Å². The summed E-state index contributed by atoms with van der Waals surface area (Å²) in [6.07, 6.45) is 0.214. The molecule has 3 aromatic carbocycles. The lowest BCUT2D eigenvalue weighted by atomic mass is 9.97.